The van der Waals surface area contributed by atoms with Crippen molar-refractivity contribution in [3.05, 3.63) is 59.8 Å². The van der Waals surface area contributed by atoms with E-state index in [1.807, 2.05) is 0 Å². The van der Waals surface area contributed by atoms with Gasteiger partial charge in [0, 0.05) is 35.2 Å². The van der Waals surface area contributed by atoms with Crippen LogP contribution in [0, 0.1) is 5.82 Å². The molecule has 1 aromatic carbocycles. The van der Waals surface area contributed by atoms with Gasteiger partial charge in [0.15, 0.2) is 6.61 Å². The van der Waals surface area contributed by atoms with E-state index in [2.05, 4.69) is 10.1 Å². The molecule has 0 radical (unpaired) electrons. The number of rotatable bonds is 5. The number of amides is 1. The third-order valence-corrected chi connectivity index (χ3v) is 4.71. The quantitative estimate of drug-likeness (QED) is 0.501. The lowest BCUT2D eigenvalue weighted by molar-refractivity contribution is -0.153. The Labute approximate surface area is 181 Å². The number of alkyl halides is 6. The highest BCUT2D eigenvalue weighted by atomic mass is 19.4. The van der Waals surface area contributed by atoms with Crippen LogP contribution >= 0.6 is 0 Å². The van der Waals surface area contributed by atoms with Gasteiger partial charge in [-0.1, -0.05) is 0 Å². The van der Waals surface area contributed by atoms with Gasteiger partial charge in [-0.05, 0) is 18.2 Å². The van der Waals surface area contributed by atoms with Gasteiger partial charge in [0.2, 0.25) is 0 Å². The van der Waals surface area contributed by atoms with Gasteiger partial charge < -0.3 is 9.64 Å². The standard InChI is InChI=1S/C20H13F7N4O2/c21-11-1-2-14(16(5-11)33-10-20(25,26)27)17-15-8-31(18(32)13(15)3-4-28-17)12-6-29-30(7-12)9-19(22,23)24/h1-7H,8-10H2. The highest BCUT2D eigenvalue weighted by Gasteiger charge is 2.34. The molecule has 0 fully saturated rings. The van der Waals surface area contributed by atoms with Gasteiger partial charge in [0.1, 0.15) is 18.1 Å². The smallest absolute Gasteiger partial charge is 0.422 e. The van der Waals surface area contributed by atoms with Gasteiger partial charge in [-0.3, -0.25) is 14.5 Å². The lowest BCUT2D eigenvalue weighted by Crippen LogP contribution is -2.22. The number of anilines is 1. The third-order valence-electron chi connectivity index (χ3n) is 4.71. The summed E-state index contributed by atoms with van der Waals surface area (Å²) < 4.78 is 94.8. The molecule has 0 saturated carbocycles. The Morgan fingerprint density at radius 1 is 1.03 bits per heavy atom. The Morgan fingerprint density at radius 3 is 2.48 bits per heavy atom. The van der Waals surface area contributed by atoms with Gasteiger partial charge in [-0.25, -0.2) is 4.39 Å². The maximum atomic E-state index is 13.7. The number of pyridine rings is 1. The normalized spacial score (nSPS) is 14.0. The number of hydrogen-bond acceptors (Lipinski definition) is 4. The number of carbonyl (C=O) groups is 1. The van der Waals surface area contributed by atoms with E-state index in [1.165, 1.54) is 18.3 Å². The summed E-state index contributed by atoms with van der Waals surface area (Å²) in [5, 5.41) is 3.61. The first-order valence-electron chi connectivity index (χ1n) is 9.30. The van der Waals surface area contributed by atoms with E-state index in [1.54, 1.807) is 0 Å². The van der Waals surface area contributed by atoms with E-state index >= 15 is 0 Å². The Morgan fingerprint density at radius 2 is 1.79 bits per heavy atom. The molecule has 3 heterocycles. The average Bonchev–Trinajstić information content (AvgIpc) is 3.29. The molecule has 1 aliphatic rings. The number of halogens is 7. The number of benzene rings is 1. The van der Waals surface area contributed by atoms with Crippen molar-refractivity contribution in [2.45, 2.75) is 25.4 Å². The predicted molar refractivity (Wildman–Crippen MR) is 100.0 cm³/mol. The second kappa shape index (κ2) is 8.05. The van der Waals surface area contributed by atoms with Crippen molar-refractivity contribution in [3.8, 4) is 17.0 Å². The summed E-state index contributed by atoms with van der Waals surface area (Å²) in [6.07, 6.45) is -5.77. The van der Waals surface area contributed by atoms with Crippen molar-refractivity contribution in [1.82, 2.24) is 14.8 Å². The van der Waals surface area contributed by atoms with Crippen LogP contribution < -0.4 is 9.64 Å². The van der Waals surface area contributed by atoms with Crippen molar-refractivity contribution in [2.75, 3.05) is 11.5 Å². The van der Waals surface area contributed by atoms with Crippen molar-refractivity contribution in [1.29, 1.82) is 0 Å². The number of hydrogen-bond donors (Lipinski definition) is 0. The Balaban J connectivity index is 1.68. The van der Waals surface area contributed by atoms with Crippen LogP contribution in [0.25, 0.3) is 11.3 Å². The number of nitrogens with zero attached hydrogens (tertiary/aromatic N) is 4. The maximum Gasteiger partial charge on any atom is 0.422 e. The molecule has 4 rings (SSSR count). The molecule has 0 N–H and O–H groups in total. The Kier molecular flexibility index (Phi) is 5.50. The molecule has 1 aliphatic heterocycles. The van der Waals surface area contributed by atoms with E-state index in [0.717, 1.165) is 29.4 Å². The molecule has 3 aromatic rings. The molecule has 0 saturated heterocycles. The molecule has 1 amide bonds. The number of carbonyl (C=O) groups excluding carboxylic acids is 1. The van der Waals surface area contributed by atoms with E-state index in [4.69, 9.17) is 4.74 Å². The predicted octanol–water partition coefficient (Wildman–Crippen LogP) is 4.75. The third kappa shape index (κ3) is 4.91. The van der Waals surface area contributed by atoms with E-state index in [-0.39, 0.29) is 29.1 Å². The van der Waals surface area contributed by atoms with E-state index < -0.39 is 43.0 Å². The fraction of sp³-hybridized carbons (Fsp3) is 0.250. The van der Waals surface area contributed by atoms with Crippen LogP contribution in [0.1, 0.15) is 15.9 Å². The van der Waals surface area contributed by atoms with Crippen LogP contribution in [0.3, 0.4) is 0 Å². The first kappa shape index (κ1) is 22.6. The molecule has 0 bridgehead atoms. The molecular formula is C20H13F7N4O2. The molecule has 0 aliphatic carbocycles. The first-order valence-corrected chi connectivity index (χ1v) is 9.30. The minimum Gasteiger partial charge on any atom is -0.483 e. The minimum atomic E-state index is -4.67. The van der Waals surface area contributed by atoms with Crippen LogP contribution in [-0.4, -0.2) is 39.6 Å². The topological polar surface area (TPSA) is 60.2 Å². The first-order chi connectivity index (χ1) is 15.4. The fourth-order valence-corrected chi connectivity index (χ4v) is 3.40. The van der Waals surface area contributed by atoms with Gasteiger partial charge in [0.25, 0.3) is 5.91 Å². The van der Waals surface area contributed by atoms with E-state index in [9.17, 15) is 35.5 Å². The summed E-state index contributed by atoms with van der Waals surface area (Å²) in [6.45, 7) is -3.14. The zero-order chi connectivity index (χ0) is 24.0. The highest BCUT2D eigenvalue weighted by Crippen LogP contribution is 2.38. The molecule has 33 heavy (non-hydrogen) atoms. The lowest BCUT2D eigenvalue weighted by Gasteiger charge is -2.15. The monoisotopic (exact) mass is 474 g/mol. The average molecular weight is 474 g/mol. The zero-order valence-corrected chi connectivity index (χ0v) is 16.4. The largest absolute Gasteiger partial charge is 0.483 e. The molecule has 0 spiro atoms. The van der Waals surface area contributed by atoms with Crippen molar-refractivity contribution >= 4 is 11.6 Å². The Hall–Kier alpha value is -3.64. The summed E-state index contributed by atoms with van der Waals surface area (Å²) in [4.78, 5) is 18.2. The summed E-state index contributed by atoms with van der Waals surface area (Å²) in [5.74, 6) is -1.81. The lowest BCUT2D eigenvalue weighted by atomic mass is 10.0. The van der Waals surface area contributed by atoms with Gasteiger partial charge >= 0.3 is 12.4 Å². The summed E-state index contributed by atoms with van der Waals surface area (Å²) >= 11 is 0. The molecule has 2 aromatic heterocycles. The molecule has 0 unspecified atom stereocenters. The van der Waals surface area contributed by atoms with Crippen molar-refractivity contribution in [3.63, 3.8) is 0 Å². The Bertz CT molecular complexity index is 1200. The summed E-state index contributed by atoms with van der Waals surface area (Å²) in [5.41, 5.74) is 0.659. The maximum absolute atomic E-state index is 13.7. The zero-order valence-electron chi connectivity index (χ0n) is 16.4. The van der Waals surface area contributed by atoms with Crippen LogP contribution in [0.15, 0.2) is 42.9 Å². The number of aromatic nitrogens is 3. The molecule has 174 valence electrons. The van der Waals surface area contributed by atoms with Gasteiger partial charge in [-0.15, -0.1) is 0 Å². The van der Waals surface area contributed by atoms with Crippen LogP contribution in [0.5, 0.6) is 5.75 Å². The van der Waals surface area contributed by atoms with Crippen LogP contribution in [0.4, 0.5) is 36.4 Å². The van der Waals surface area contributed by atoms with Crippen molar-refractivity contribution < 1.29 is 40.3 Å². The van der Waals surface area contributed by atoms with E-state index in [0.29, 0.717) is 10.2 Å². The summed E-state index contributed by atoms with van der Waals surface area (Å²) in [7, 11) is 0. The number of fused-ring (bicyclic) bond motifs is 1. The van der Waals surface area contributed by atoms with Crippen LogP contribution in [0.2, 0.25) is 0 Å². The molecule has 0 atom stereocenters. The SMILES string of the molecule is O=C1c2ccnc(-c3ccc(F)cc3OCC(F)(F)F)c2CN1c1cnn(CC(F)(F)F)c1. The molecule has 6 nitrogen and oxygen atoms in total. The molecule has 13 heteroatoms. The van der Waals surface area contributed by atoms with Gasteiger partial charge in [0.05, 0.1) is 24.1 Å². The minimum absolute atomic E-state index is 0.0277. The van der Waals surface area contributed by atoms with Gasteiger partial charge in [-0.2, -0.15) is 31.4 Å². The van der Waals surface area contributed by atoms with Crippen LogP contribution in [-0.2, 0) is 13.1 Å². The fourth-order valence-electron chi connectivity index (χ4n) is 3.40. The number of ether oxygens (including phenoxy) is 1. The highest BCUT2D eigenvalue weighted by molar-refractivity contribution is 6.11. The molecular weight excluding hydrogens is 461 g/mol. The summed E-state index contributed by atoms with van der Waals surface area (Å²) in [6, 6.07) is 4.34. The van der Waals surface area contributed by atoms with Crippen molar-refractivity contribution in [2.24, 2.45) is 0 Å². The second-order valence-electron chi connectivity index (χ2n) is 7.13. The second-order valence-corrected chi connectivity index (χ2v) is 7.13.